The number of aromatic nitrogens is 2. The average molecular weight is 267 g/mol. The topological polar surface area (TPSA) is 84.2 Å². The molecule has 1 aromatic heterocycles. The number of carboxylic acids is 1. The van der Waals surface area contributed by atoms with Crippen LogP contribution in [-0.2, 0) is 22.6 Å². The van der Waals surface area contributed by atoms with E-state index < -0.39 is 5.97 Å². The highest BCUT2D eigenvalue weighted by Crippen LogP contribution is 2.08. The summed E-state index contributed by atoms with van der Waals surface area (Å²) in [6, 6.07) is -0.159. The van der Waals surface area contributed by atoms with Gasteiger partial charge < -0.3 is 10.4 Å². The highest BCUT2D eigenvalue weighted by molar-refractivity contribution is 5.73. The Morgan fingerprint density at radius 2 is 2.26 bits per heavy atom. The van der Waals surface area contributed by atoms with Gasteiger partial charge >= 0.3 is 5.97 Å². The van der Waals surface area contributed by atoms with Crippen LogP contribution in [0.5, 0.6) is 0 Å². The van der Waals surface area contributed by atoms with Crippen LogP contribution >= 0.6 is 0 Å². The highest BCUT2D eigenvalue weighted by atomic mass is 16.4. The molecule has 0 radical (unpaired) electrons. The Labute approximate surface area is 112 Å². The Kier molecular flexibility index (Phi) is 6.05. The van der Waals surface area contributed by atoms with Crippen molar-refractivity contribution in [2.45, 2.75) is 52.1 Å². The van der Waals surface area contributed by atoms with Crippen molar-refractivity contribution in [1.29, 1.82) is 0 Å². The van der Waals surface area contributed by atoms with Crippen molar-refractivity contribution >= 4 is 11.9 Å². The minimum absolute atomic E-state index is 0.0496. The molecule has 1 amide bonds. The number of carbonyl (C=O) groups excluding carboxylic acids is 1. The molecular weight excluding hydrogens is 246 g/mol. The van der Waals surface area contributed by atoms with E-state index in [2.05, 4.69) is 17.3 Å². The lowest BCUT2D eigenvalue weighted by molar-refractivity contribution is -0.137. The van der Waals surface area contributed by atoms with Crippen LogP contribution in [0, 0.1) is 0 Å². The molecule has 19 heavy (non-hydrogen) atoms. The van der Waals surface area contributed by atoms with Crippen LogP contribution in [0.3, 0.4) is 0 Å². The maximum absolute atomic E-state index is 11.1. The zero-order chi connectivity index (χ0) is 14.3. The fourth-order valence-corrected chi connectivity index (χ4v) is 1.96. The number of carboxylic acid groups (broad SMARTS) is 1. The molecule has 0 spiro atoms. The number of carbonyl (C=O) groups is 2. The number of hydrogen-bond acceptors (Lipinski definition) is 3. The van der Waals surface area contributed by atoms with E-state index in [-0.39, 0.29) is 18.4 Å². The molecule has 1 atom stereocenters. The predicted octanol–water partition coefficient (Wildman–Crippen LogP) is 1.21. The standard InChI is InChI=1S/C13H21N3O3/c1-3-6-16-9-11(8-14-16)7-12(15-10(2)17)4-5-13(18)19/h8-9,12H,3-7H2,1-2H3,(H,15,17)(H,18,19). The first-order chi connectivity index (χ1) is 9.01. The Morgan fingerprint density at radius 3 is 2.84 bits per heavy atom. The molecular formula is C13H21N3O3. The van der Waals surface area contributed by atoms with Gasteiger partial charge in [0, 0.05) is 32.1 Å². The van der Waals surface area contributed by atoms with Crippen LogP contribution in [0.2, 0.25) is 0 Å². The predicted molar refractivity (Wildman–Crippen MR) is 70.7 cm³/mol. The number of nitrogens with zero attached hydrogens (tertiary/aromatic N) is 2. The van der Waals surface area contributed by atoms with E-state index in [1.54, 1.807) is 6.20 Å². The average Bonchev–Trinajstić information content (AvgIpc) is 2.73. The van der Waals surface area contributed by atoms with E-state index in [4.69, 9.17) is 5.11 Å². The van der Waals surface area contributed by atoms with E-state index in [9.17, 15) is 9.59 Å². The van der Waals surface area contributed by atoms with Crippen molar-refractivity contribution in [2.75, 3.05) is 0 Å². The summed E-state index contributed by atoms with van der Waals surface area (Å²) in [5.41, 5.74) is 1.01. The van der Waals surface area contributed by atoms with Gasteiger partial charge in [-0.2, -0.15) is 5.10 Å². The van der Waals surface area contributed by atoms with Gasteiger partial charge in [-0.05, 0) is 24.8 Å². The molecule has 6 heteroatoms. The minimum atomic E-state index is -0.850. The van der Waals surface area contributed by atoms with Gasteiger partial charge in [-0.3, -0.25) is 14.3 Å². The number of amides is 1. The van der Waals surface area contributed by atoms with Gasteiger partial charge in [-0.15, -0.1) is 0 Å². The van der Waals surface area contributed by atoms with Crippen LogP contribution in [0.4, 0.5) is 0 Å². The second kappa shape index (κ2) is 7.56. The molecule has 0 saturated heterocycles. The summed E-state index contributed by atoms with van der Waals surface area (Å²) in [6.07, 6.45) is 5.80. The molecule has 1 heterocycles. The quantitative estimate of drug-likeness (QED) is 0.741. The number of rotatable bonds is 8. The molecule has 106 valence electrons. The maximum Gasteiger partial charge on any atom is 0.303 e. The van der Waals surface area contributed by atoms with Crippen LogP contribution in [0.1, 0.15) is 38.7 Å². The molecule has 1 aromatic rings. The fourth-order valence-electron chi connectivity index (χ4n) is 1.96. The van der Waals surface area contributed by atoms with Crippen molar-refractivity contribution in [3.8, 4) is 0 Å². The van der Waals surface area contributed by atoms with E-state index in [1.807, 2.05) is 10.9 Å². The number of hydrogen-bond donors (Lipinski definition) is 2. The summed E-state index contributed by atoms with van der Waals surface area (Å²) in [5.74, 6) is -0.992. The summed E-state index contributed by atoms with van der Waals surface area (Å²) in [5, 5.41) is 15.7. The van der Waals surface area contributed by atoms with Crippen LogP contribution < -0.4 is 5.32 Å². The summed E-state index contributed by atoms with van der Waals surface area (Å²) in [4.78, 5) is 21.7. The Hall–Kier alpha value is -1.85. The highest BCUT2D eigenvalue weighted by Gasteiger charge is 2.13. The van der Waals surface area contributed by atoms with Gasteiger partial charge in [-0.25, -0.2) is 0 Å². The lowest BCUT2D eigenvalue weighted by Crippen LogP contribution is -2.35. The third kappa shape index (κ3) is 6.03. The number of aliphatic carboxylic acids is 1. The molecule has 2 N–H and O–H groups in total. The van der Waals surface area contributed by atoms with Gasteiger partial charge in [0.1, 0.15) is 0 Å². The van der Waals surface area contributed by atoms with E-state index >= 15 is 0 Å². The molecule has 0 aliphatic heterocycles. The first kappa shape index (κ1) is 15.2. The molecule has 1 unspecified atom stereocenters. The summed E-state index contributed by atoms with van der Waals surface area (Å²) < 4.78 is 1.86. The van der Waals surface area contributed by atoms with Gasteiger partial charge in [0.25, 0.3) is 0 Å². The van der Waals surface area contributed by atoms with Crippen LogP contribution in [0.15, 0.2) is 12.4 Å². The molecule has 0 fully saturated rings. The van der Waals surface area contributed by atoms with Gasteiger partial charge in [0.15, 0.2) is 0 Å². The number of aryl methyl sites for hydroxylation is 1. The van der Waals surface area contributed by atoms with Crippen LogP contribution in [0.25, 0.3) is 0 Å². The zero-order valence-electron chi connectivity index (χ0n) is 11.4. The van der Waals surface area contributed by atoms with E-state index in [0.717, 1.165) is 18.5 Å². The molecule has 0 aromatic carbocycles. The third-order valence-electron chi connectivity index (χ3n) is 2.74. The Balaban J connectivity index is 2.58. The third-order valence-corrected chi connectivity index (χ3v) is 2.74. The van der Waals surface area contributed by atoms with Crippen LogP contribution in [-0.4, -0.2) is 32.8 Å². The zero-order valence-corrected chi connectivity index (χ0v) is 11.4. The van der Waals surface area contributed by atoms with Gasteiger partial charge in [0.2, 0.25) is 5.91 Å². The maximum atomic E-state index is 11.1. The summed E-state index contributed by atoms with van der Waals surface area (Å²) in [7, 11) is 0. The molecule has 0 aliphatic rings. The van der Waals surface area contributed by atoms with Crippen molar-refractivity contribution < 1.29 is 14.7 Å². The SMILES string of the molecule is CCCn1cc(CC(CCC(=O)O)NC(C)=O)cn1. The second-order valence-corrected chi connectivity index (χ2v) is 4.65. The lowest BCUT2D eigenvalue weighted by atomic mass is 10.0. The molecule has 1 rings (SSSR count). The largest absolute Gasteiger partial charge is 0.481 e. The van der Waals surface area contributed by atoms with Crippen molar-refractivity contribution in [3.05, 3.63) is 18.0 Å². The molecule has 6 nitrogen and oxygen atoms in total. The molecule has 0 aliphatic carbocycles. The van der Waals surface area contributed by atoms with E-state index in [1.165, 1.54) is 6.92 Å². The Bertz CT molecular complexity index is 429. The fraction of sp³-hybridized carbons (Fsp3) is 0.615. The minimum Gasteiger partial charge on any atom is -0.481 e. The smallest absolute Gasteiger partial charge is 0.303 e. The van der Waals surface area contributed by atoms with E-state index in [0.29, 0.717) is 12.8 Å². The normalized spacial score (nSPS) is 12.1. The molecule has 0 saturated carbocycles. The second-order valence-electron chi connectivity index (χ2n) is 4.65. The van der Waals surface area contributed by atoms with Gasteiger partial charge in [0.05, 0.1) is 6.20 Å². The first-order valence-electron chi connectivity index (χ1n) is 6.51. The van der Waals surface area contributed by atoms with Crippen molar-refractivity contribution in [1.82, 2.24) is 15.1 Å². The van der Waals surface area contributed by atoms with Gasteiger partial charge in [-0.1, -0.05) is 6.92 Å². The summed E-state index contributed by atoms with van der Waals surface area (Å²) in [6.45, 7) is 4.38. The molecule has 0 bridgehead atoms. The lowest BCUT2D eigenvalue weighted by Gasteiger charge is -2.15. The number of nitrogens with one attached hydrogen (secondary N) is 1. The van der Waals surface area contributed by atoms with Crippen molar-refractivity contribution in [2.24, 2.45) is 0 Å². The first-order valence-corrected chi connectivity index (χ1v) is 6.51. The van der Waals surface area contributed by atoms with Crippen molar-refractivity contribution in [3.63, 3.8) is 0 Å². The summed E-state index contributed by atoms with van der Waals surface area (Å²) >= 11 is 0. The Morgan fingerprint density at radius 1 is 1.53 bits per heavy atom. The monoisotopic (exact) mass is 267 g/mol.